The van der Waals surface area contributed by atoms with Gasteiger partial charge in [0.1, 0.15) is 0 Å². The van der Waals surface area contributed by atoms with Crippen molar-refractivity contribution in [2.75, 3.05) is 20.1 Å². The molecule has 0 unspecified atom stereocenters. The monoisotopic (exact) mass is 241 g/mol. The normalized spacial score (nSPS) is 10.5. The Morgan fingerprint density at radius 2 is 2.19 bits per heavy atom. The highest BCUT2D eigenvalue weighted by molar-refractivity contribution is 7.11. The Morgan fingerprint density at radius 3 is 2.69 bits per heavy atom. The topological polar surface area (TPSA) is 45.2 Å². The first-order valence-electron chi connectivity index (χ1n) is 5.42. The van der Waals surface area contributed by atoms with Crippen molar-refractivity contribution in [2.45, 2.75) is 27.3 Å². The second kappa shape index (κ2) is 5.96. The summed E-state index contributed by atoms with van der Waals surface area (Å²) >= 11 is 1.68. The fourth-order valence-corrected chi connectivity index (χ4v) is 2.24. The van der Waals surface area contributed by atoms with Gasteiger partial charge >= 0.3 is 0 Å². The maximum Gasteiger partial charge on any atom is 0.236 e. The standard InChI is InChI=1S/C11H19N3OS/c1-5-14(4)11(15)7-12-6-10-8(2)13-9(3)16-10/h12H,5-7H2,1-4H3. The number of aryl methyl sites for hydroxylation is 2. The van der Waals surface area contributed by atoms with Gasteiger partial charge in [0.15, 0.2) is 0 Å². The SMILES string of the molecule is CCN(C)C(=O)CNCc1sc(C)nc1C. The van der Waals surface area contributed by atoms with Gasteiger partial charge in [-0.3, -0.25) is 4.79 Å². The fraction of sp³-hybridized carbons (Fsp3) is 0.636. The molecule has 1 rings (SSSR count). The van der Waals surface area contributed by atoms with Crippen molar-refractivity contribution in [3.8, 4) is 0 Å². The lowest BCUT2D eigenvalue weighted by Crippen LogP contribution is -2.35. The molecule has 0 atom stereocenters. The molecule has 0 aromatic carbocycles. The third kappa shape index (κ3) is 3.57. The Balaban J connectivity index is 2.36. The van der Waals surface area contributed by atoms with Gasteiger partial charge in [0.25, 0.3) is 0 Å². The van der Waals surface area contributed by atoms with Gasteiger partial charge < -0.3 is 10.2 Å². The fourth-order valence-electron chi connectivity index (χ4n) is 1.33. The van der Waals surface area contributed by atoms with Crippen LogP contribution in [0.25, 0.3) is 0 Å². The highest BCUT2D eigenvalue weighted by Crippen LogP contribution is 2.16. The minimum absolute atomic E-state index is 0.126. The molecule has 0 saturated carbocycles. The number of rotatable bonds is 5. The van der Waals surface area contributed by atoms with Gasteiger partial charge in [-0.2, -0.15) is 0 Å². The second-order valence-electron chi connectivity index (χ2n) is 3.75. The van der Waals surface area contributed by atoms with Gasteiger partial charge in [0.2, 0.25) is 5.91 Å². The molecule has 0 aliphatic heterocycles. The summed E-state index contributed by atoms with van der Waals surface area (Å²) in [7, 11) is 1.81. The molecule has 90 valence electrons. The summed E-state index contributed by atoms with van der Waals surface area (Å²) in [6, 6.07) is 0. The van der Waals surface area contributed by atoms with Crippen LogP contribution in [0.4, 0.5) is 0 Å². The molecule has 0 radical (unpaired) electrons. The molecule has 0 saturated heterocycles. The zero-order chi connectivity index (χ0) is 12.1. The quantitative estimate of drug-likeness (QED) is 0.846. The molecular weight excluding hydrogens is 222 g/mol. The van der Waals surface area contributed by atoms with E-state index in [1.807, 2.05) is 27.8 Å². The van der Waals surface area contributed by atoms with E-state index in [-0.39, 0.29) is 5.91 Å². The molecule has 4 nitrogen and oxygen atoms in total. The lowest BCUT2D eigenvalue weighted by molar-refractivity contribution is -0.128. The summed E-state index contributed by atoms with van der Waals surface area (Å²) in [4.78, 5) is 18.8. The number of aromatic nitrogens is 1. The lowest BCUT2D eigenvalue weighted by atomic mass is 10.4. The molecule has 1 N–H and O–H groups in total. The summed E-state index contributed by atoms with van der Waals surface area (Å²) in [5.74, 6) is 0.126. The summed E-state index contributed by atoms with van der Waals surface area (Å²) in [6.45, 7) is 7.83. The number of nitrogens with zero attached hydrogens (tertiary/aromatic N) is 2. The summed E-state index contributed by atoms with van der Waals surface area (Å²) in [6.07, 6.45) is 0. The highest BCUT2D eigenvalue weighted by Gasteiger charge is 2.07. The molecule has 1 aromatic heterocycles. The second-order valence-corrected chi connectivity index (χ2v) is 5.04. The van der Waals surface area contributed by atoms with E-state index >= 15 is 0 Å². The third-order valence-corrected chi connectivity index (χ3v) is 3.53. The Kier molecular flexibility index (Phi) is 4.89. The predicted octanol–water partition coefficient (Wildman–Crippen LogP) is 1.33. The molecule has 1 heterocycles. The molecule has 0 fully saturated rings. The molecule has 0 bridgehead atoms. The van der Waals surface area contributed by atoms with E-state index in [1.54, 1.807) is 16.2 Å². The molecule has 16 heavy (non-hydrogen) atoms. The lowest BCUT2D eigenvalue weighted by Gasteiger charge is -2.14. The van der Waals surface area contributed by atoms with Crippen molar-refractivity contribution in [1.82, 2.24) is 15.2 Å². The number of carbonyl (C=O) groups excluding carboxylic acids is 1. The van der Waals surface area contributed by atoms with Crippen molar-refractivity contribution in [1.29, 1.82) is 0 Å². The van der Waals surface area contributed by atoms with Crippen molar-refractivity contribution in [2.24, 2.45) is 0 Å². The third-order valence-electron chi connectivity index (χ3n) is 2.46. The van der Waals surface area contributed by atoms with Gasteiger partial charge in [-0.25, -0.2) is 4.98 Å². The van der Waals surface area contributed by atoms with Gasteiger partial charge in [-0.1, -0.05) is 0 Å². The van der Waals surface area contributed by atoms with Crippen LogP contribution in [0.5, 0.6) is 0 Å². The predicted molar refractivity (Wildman–Crippen MR) is 66.6 cm³/mol. The molecule has 0 spiro atoms. The van der Waals surface area contributed by atoms with Crippen LogP contribution < -0.4 is 5.32 Å². The maximum absolute atomic E-state index is 11.5. The van der Waals surface area contributed by atoms with Crippen LogP contribution >= 0.6 is 11.3 Å². The van der Waals surface area contributed by atoms with Crippen LogP contribution in [-0.4, -0.2) is 35.9 Å². The summed E-state index contributed by atoms with van der Waals surface area (Å²) in [5.41, 5.74) is 1.06. The number of carbonyl (C=O) groups is 1. The van der Waals surface area contributed by atoms with E-state index in [9.17, 15) is 4.79 Å². The first-order chi connectivity index (χ1) is 7.54. The van der Waals surface area contributed by atoms with Crippen molar-refractivity contribution in [3.05, 3.63) is 15.6 Å². The molecule has 1 aromatic rings. The molecule has 0 aliphatic carbocycles. The van der Waals surface area contributed by atoms with Gasteiger partial charge in [-0.15, -0.1) is 11.3 Å². The largest absolute Gasteiger partial charge is 0.345 e. The first kappa shape index (κ1) is 13.1. The number of hydrogen-bond donors (Lipinski definition) is 1. The highest BCUT2D eigenvalue weighted by atomic mass is 32.1. The number of hydrogen-bond acceptors (Lipinski definition) is 4. The maximum atomic E-state index is 11.5. The Bertz CT molecular complexity index is 362. The van der Waals surface area contributed by atoms with Crippen LogP contribution in [0.2, 0.25) is 0 Å². The van der Waals surface area contributed by atoms with Crippen LogP contribution in [0.3, 0.4) is 0 Å². The van der Waals surface area contributed by atoms with Crippen molar-refractivity contribution >= 4 is 17.2 Å². The average molecular weight is 241 g/mol. The summed E-state index contributed by atoms with van der Waals surface area (Å²) < 4.78 is 0. The zero-order valence-corrected chi connectivity index (χ0v) is 11.1. The van der Waals surface area contributed by atoms with Gasteiger partial charge in [0.05, 0.1) is 17.2 Å². The Morgan fingerprint density at radius 1 is 1.50 bits per heavy atom. The van der Waals surface area contributed by atoms with Crippen molar-refractivity contribution < 1.29 is 4.79 Å². The minimum Gasteiger partial charge on any atom is -0.345 e. The van der Waals surface area contributed by atoms with E-state index < -0.39 is 0 Å². The van der Waals surface area contributed by atoms with Crippen LogP contribution in [-0.2, 0) is 11.3 Å². The molecule has 0 aliphatic rings. The smallest absolute Gasteiger partial charge is 0.236 e. The number of thiazole rings is 1. The number of nitrogens with one attached hydrogen (secondary N) is 1. The Labute approximate surface area is 101 Å². The van der Waals surface area contributed by atoms with E-state index in [2.05, 4.69) is 10.3 Å². The van der Waals surface area contributed by atoms with Crippen molar-refractivity contribution in [3.63, 3.8) is 0 Å². The Hall–Kier alpha value is -0.940. The summed E-state index contributed by atoms with van der Waals surface area (Å²) in [5, 5.41) is 4.23. The molecule has 1 amide bonds. The molecular formula is C11H19N3OS. The number of likely N-dealkylation sites (N-methyl/N-ethyl adjacent to an activating group) is 1. The van der Waals surface area contributed by atoms with Crippen LogP contribution in [0.15, 0.2) is 0 Å². The van der Waals surface area contributed by atoms with E-state index in [0.717, 1.165) is 23.8 Å². The van der Waals surface area contributed by atoms with E-state index in [1.165, 1.54) is 4.88 Å². The zero-order valence-electron chi connectivity index (χ0n) is 10.3. The first-order valence-corrected chi connectivity index (χ1v) is 6.23. The minimum atomic E-state index is 0.126. The number of amides is 1. The van der Waals surface area contributed by atoms with Gasteiger partial charge in [0, 0.05) is 25.0 Å². The van der Waals surface area contributed by atoms with Gasteiger partial charge in [-0.05, 0) is 20.8 Å². The average Bonchev–Trinajstić information content (AvgIpc) is 2.56. The van der Waals surface area contributed by atoms with E-state index in [4.69, 9.17) is 0 Å². The van der Waals surface area contributed by atoms with E-state index in [0.29, 0.717) is 6.54 Å². The van der Waals surface area contributed by atoms with Crippen LogP contribution in [0.1, 0.15) is 22.5 Å². The molecule has 5 heteroatoms. The van der Waals surface area contributed by atoms with Crippen LogP contribution in [0, 0.1) is 13.8 Å².